The zero-order valence-corrected chi connectivity index (χ0v) is 9.69. The molecule has 1 rings (SSSR count). The molecule has 1 saturated heterocycles. The summed E-state index contributed by atoms with van der Waals surface area (Å²) in [6.07, 6.45) is 0. The van der Waals surface area contributed by atoms with Gasteiger partial charge in [0, 0.05) is 20.6 Å². The molecule has 0 spiro atoms. The monoisotopic (exact) mass is 251 g/mol. The lowest BCUT2D eigenvalue weighted by Gasteiger charge is -2.33. The van der Waals surface area contributed by atoms with Crippen LogP contribution in [0.3, 0.4) is 0 Å². The number of nitrogens with zero attached hydrogens (tertiary/aromatic N) is 2. The van der Waals surface area contributed by atoms with E-state index in [-0.39, 0.29) is 6.54 Å². The van der Waals surface area contributed by atoms with Gasteiger partial charge in [-0.1, -0.05) is 0 Å². The Hall–Kier alpha value is -1.19. The molecule has 0 aromatic carbocycles. The fourth-order valence-electron chi connectivity index (χ4n) is 1.28. The zero-order valence-electron chi connectivity index (χ0n) is 8.87. The molecule has 1 amide bonds. The summed E-state index contributed by atoms with van der Waals surface area (Å²) in [7, 11) is -1.35. The van der Waals surface area contributed by atoms with Crippen LogP contribution in [0.25, 0.3) is 0 Å². The van der Waals surface area contributed by atoms with Gasteiger partial charge in [-0.3, -0.25) is 9.59 Å². The Bertz CT molecular complexity index is 404. The molecule has 1 aliphatic heterocycles. The van der Waals surface area contributed by atoms with Crippen molar-refractivity contribution in [2.24, 2.45) is 0 Å². The van der Waals surface area contributed by atoms with Crippen LogP contribution in [0.5, 0.6) is 0 Å². The smallest absolute Gasteiger partial charge is 0.323 e. The summed E-state index contributed by atoms with van der Waals surface area (Å²) >= 11 is 0. The highest BCUT2D eigenvalue weighted by Gasteiger charge is 2.40. The molecule has 92 valence electrons. The molecule has 0 bridgehead atoms. The Labute approximate surface area is 93.0 Å². The maximum Gasteiger partial charge on any atom is 0.323 e. The van der Waals surface area contributed by atoms with Crippen molar-refractivity contribution >= 4 is 22.1 Å². The molecule has 1 atom stereocenters. The lowest BCUT2D eigenvalue weighted by Crippen LogP contribution is -2.61. The van der Waals surface area contributed by atoms with E-state index in [9.17, 15) is 18.0 Å². The van der Waals surface area contributed by atoms with Gasteiger partial charge in [0.25, 0.3) is 10.2 Å². The maximum atomic E-state index is 11.8. The van der Waals surface area contributed by atoms with Gasteiger partial charge in [-0.05, 0) is 0 Å². The fourth-order valence-corrected chi connectivity index (χ4v) is 2.47. The molecular weight excluding hydrogens is 238 g/mol. The number of hydrogen-bond acceptors (Lipinski definition) is 4. The van der Waals surface area contributed by atoms with Gasteiger partial charge in [0.05, 0.1) is 6.54 Å². The minimum atomic E-state index is -3.90. The summed E-state index contributed by atoms with van der Waals surface area (Å²) in [5.41, 5.74) is 0. The third kappa shape index (κ3) is 2.31. The van der Waals surface area contributed by atoms with Gasteiger partial charge in [0.15, 0.2) is 0 Å². The summed E-state index contributed by atoms with van der Waals surface area (Å²) in [5, 5.41) is 11.2. The van der Waals surface area contributed by atoms with Gasteiger partial charge in [0.2, 0.25) is 5.91 Å². The normalized spacial score (nSPS) is 23.2. The van der Waals surface area contributed by atoms with Crippen LogP contribution in [0.1, 0.15) is 0 Å². The van der Waals surface area contributed by atoms with E-state index in [4.69, 9.17) is 5.11 Å². The third-order valence-corrected chi connectivity index (χ3v) is 4.08. The van der Waals surface area contributed by atoms with E-state index in [1.807, 2.05) is 0 Å². The molecule has 0 radical (unpaired) electrons. The minimum absolute atomic E-state index is 0.221. The average molecular weight is 251 g/mol. The van der Waals surface area contributed by atoms with Crippen molar-refractivity contribution in [3.8, 4) is 0 Å². The lowest BCUT2D eigenvalue weighted by atomic mass is 10.2. The number of hydrogen-bond donors (Lipinski definition) is 2. The first-order chi connectivity index (χ1) is 7.26. The number of carboxylic acids is 1. The van der Waals surface area contributed by atoms with Crippen molar-refractivity contribution in [1.29, 1.82) is 0 Å². The highest BCUT2D eigenvalue weighted by Crippen LogP contribution is 2.12. The van der Waals surface area contributed by atoms with Crippen molar-refractivity contribution in [1.82, 2.24) is 13.9 Å². The molecule has 1 heterocycles. The van der Waals surface area contributed by atoms with Crippen LogP contribution in [0, 0.1) is 0 Å². The maximum absolute atomic E-state index is 11.8. The Kier molecular flexibility index (Phi) is 3.51. The molecule has 1 aliphatic rings. The number of piperazine rings is 1. The van der Waals surface area contributed by atoms with Crippen molar-refractivity contribution in [2.45, 2.75) is 6.04 Å². The van der Waals surface area contributed by atoms with E-state index in [2.05, 4.69) is 5.32 Å². The Morgan fingerprint density at radius 3 is 2.56 bits per heavy atom. The van der Waals surface area contributed by atoms with Crippen LogP contribution in [-0.4, -0.2) is 67.2 Å². The van der Waals surface area contributed by atoms with E-state index >= 15 is 0 Å². The predicted octanol–water partition coefficient (Wildman–Crippen LogP) is -2.32. The van der Waals surface area contributed by atoms with Crippen LogP contribution in [0.2, 0.25) is 0 Å². The minimum Gasteiger partial charge on any atom is -0.480 e. The number of carbonyl (C=O) groups excluding carboxylic acids is 1. The first-order valence-electron chi connectivity index (χ1n) is 4.45. The third-order valence-electron chi connectivity index (χ3n) is 2.18. The Balaban J connectivity index is 3.05. The standard InChI is InChI=1S/C7H13N3O5S/c1-9(2)16(14,15)10-4-6(11)8-3-5(10)7(12)13/h5H,3-4H2,1-2H3,(H,8,11)(H,12,13). The number of nitrogens with one attached hydrogen (secondary N) is 1. The highest BCUT2D eigenvalue weighted by molar-refractivity contribution is 7.86. The summed E-state index contributed by atoms with van der Waals surface area (Å²) in [6, 6.07) is -1.26. The van der Waals surface area contributed by atoms with Gasteiger partial charge < -0.3 is 10.4 Å². The molecule has 0 aromatic heterocycles. The van der Waals surface area contributed by atoms with Crippen molar-refractivity contribution in [2.75, 3.05) is 27.2 Å². The summed E-state index contributed by atoms with van der Waals surface area (Å²) in [5.74, 6) is -1.80. The average Bonchev–Trinajstić information content (AvgIpc) is 2.16. The van der Waals surface area contributed by atoms with Gasteiger partial charge >= 0.3 is 5.97 Å². The van der Waals surface area contributed by atoms with Crippen LogP contribution in [-0.2, 0) is 19.8 Å². The van der Waals surface area contributed by atoms with E-state index in [1.165, 1.54) is 14.1 Å². The van der Waals surface area contributed by atoms with Crippen LogP contribution >= 0.6 is 0 Å². The Morgan fingerprint density at radius 1 is 1.56 bits per heavy atom. The molecule has 0 aromatic rings. The number of amides is 1. The van der Waals surface area contributed by atoms with E-state index in [0.717, 1.165) is 4.31 Å². The quantitative estimate of drug-likeness (QED) is 0.585. The molecule has 0 saturated carbocycles. The van der Waals surface area contributed by atoms with Crippen molar-refractivity contribution in [3.63, 3.8) is 0 Å². The molecule has 8 nitrogen and oxygen atoms in total. The number of carboxylic acid groups (broad SMARTS) is 1. The first kappa shape index (κ1) is 12.9. The van der Waals surface area contributed by atoms with Crippen LogP contribution < -0.4 is 5.32 Å². The zero-order chi connectivity index (χ0) is 12.5. The molecule has 1 unspecified atom stereocenters. The molecule has 16 heavy (non-hydrogen) atoms. The topological polar surface area (TPSA) is 107 Å². The predicted molar refractivity (Wildman–Crippen MR) is 53.7 cm³/mol. The van der Waals surface area contributed by atoms with Gasteiger partial charge in [-0.15, -0.1) is 0 Å². The number of carbonyl (C=O) groups is 2. The highest BCUT2D eigenvalue weighted by atomic mass is 32.2. The summed E-state index contributed by atoms with van der Waals surface area (Å²) in [6.45, 7) is -0.696. The fraction of sp³-hybridized carbons (Fsp3) is 0.714. The number of rotatable bonds is 3. The lowest BCUT2D eigenvalue weighted by molar-refractivity contribution is -0.143. The number of aliphatic carboxylic acids is 1. The van der Waals surface area contributed by atoms with Crippen LogP contribution in [0.4, 0.5) is 0 Å². The summed E-state index contributed by atoms with van der Waals surface area (Å²) in [4.78, 5) is 21.9. The van der Waals surface area contributed by atoms with E-state index in [1.54, 1.807) is 0 Å². The molecule has 1 fully saturated rings. The van der Waals surface area contributed by atoms with Crippen molar-refractivity contribution in [3.05, 3.63) is 0 Å². The molecule has 2 N–H and O–H groups in total. The second kappa shape index (κ2) is 4.36. The molecule has 0 aliphatic carbocycles. The van der Waals surface area contributed by atoms with Gasteiger partial charge in [-0.25, -0.2) is 0 Å². The first-order valence-corrected chi connectivity index (χ1v) is 5.85. The van der Waals surface area contributed by atoms with Gasteiger partial charge in [-0.2, -0.15) is 17.0 Å². The SMILES string of the molecule is CN(C)S(=O)(=O)N1CC(=O)NCC1C(=O)O. The summed E-state index contributed by atoms with van der Waals surface area (Å²) < 4.78 is 25.1. The largest absolute Gasteiger partial charge is 0.480 e. The second-order valence-electron chi connectivity index (χ2n) is 3.49. The van der Waals surface area contributed by atoms with Gasteiger partial charge in [0.1, 0.15) is 6.04 Å². The van der Waals surface area contributed by atoms with E-state index < -0.39 is 34.7 Å². The second-order valence-corrected chi connectivity index (χ2v) is 5.59. The molecule has 9 heteroatoms. The Morgan fingerprint density at radius 2 is 2.12 bits per heavy atom. The van der Waals surface area contributed by atoms with Crippen molar-refractivity contribution < 1.29 is 23.1 Å². The van der Waals surface area contributed by atoms with E-state index in [0.29, 0.717) is 4.31 Å². The molecular formula is C7H13N3O5S. The van der Waals surface area contributed by atoms with Crippen LogP contribution in [0.15, 0.2) is 0 Å².